The Hall–Kier alpha value is -6.78. The van der Waals surface area contributed by atoms with Gasteiger partial charge < -0.3 is 11.5 Å². The molecule has 2 unspecified atom stereocenters. The molecule has 4 N–H and O–H groups in total. The van der Waals surface area contributed by atoms with Gasteiger partial charge in [0, 0.05) is 17.3 Å². The molecule has 0 bridgehead atoms. The minimum Gasteiger partial charge on any atom is -0.399 e. The molecule has 0 radical (unpaired) electrons. The summed E-state index contributed by atoms with van der Waals surface area (Å²) >= 11 is 0. The van der Waals surface area contributed by atoms with Gasteiger partial charge in [-0.15, -0.1) is 0 Å². The van der Waals surface area contributed by atoms with Crippen LogP contribution in [0.4, 0.5) is 20.2 Å². The number of halogens is 2. The summed E-state index contributed by atoms with van der Waals surface area (Å²) in [5, 5.41) is 0. The summed E-state index contributed by atoms with van der Waals surface area (Å²) < 4.78 is 28.4. The lowest BCUT2D eigenvalue weighted by atomic mass is 9.65. The zero-order valence-electron chi connectivity index (χ0n) is 29.2. The zero-order valence-corrected chi connectivity index (χ0v) is 29.2. The van der Waals surface area contributed by atoms with Crippen molar-refractivity contribution in [3.63, 3.8) is 0 Å². The molecule has 10 rings (SSSR count). The van der Waals surface area contributed by atoms with Crippen LogP contribution in [0.15, 0.2) is 176 Å². The fraction of sp³-hybridized carbons (Fsp3) is 0.0400. The van der Waals surface area contributed by atoms with Crippen LogP contribution in [0.25, 0.3) is 44.5 Å². The van der Waals surface area contributed by atoms with E-state index in [2.05, 4.69) is 115 Å². The largest absolute Gasteiger partial charge is 0.399 e. The number of benzene rings is 8. The fourth-order valence-corrected chi connectivity index (χ4v) is 9.27. The highest BCUT2D eigenvalue weighted by Crippen LogP contribution is 2.60. The van der Waals surface area contributed by atoms with Gasteiger partial charge in [-0.1, -0.05) is 133 Å². The summed E-state index contributed by atoms with van der Waals surface area (Å²) in [7, 11) is 0. The number of nitrogens with two attached hydrogens (primary N) is 2. The third-order valence-electron chi connectivity index (χ3n) is 11.5. The molecule has 54 heavy (non-hydrogen) atoms. The second-order valence-corrected chi connectivity index (χ2v) is 14.3. The second kappa shape index (κ2) is 12.1. The number of anilines is 2. The molecule has 0 fully saturated rings. The lowest BCUT2D eigenvalue weighted by Crippen LogP contribution is -2.29. The van der Waals surface area contributed by atoms with Crippen LogP contribution >= 0.6 is 0 Å². The van der Waals surface area contributed by atoms with Gasteiger partial charge in [0.05, 0.1) is 5.41 Å². The molecule has 2 nitrogen and oxygen atoms in total. The second-order valence-electron chi connectivity index (χ2n) is 14.3. The van der Waals surface area contributed by atoms with Crippen molar-refractivity contribution in [2.45, 2.75) is 11.3 Å². The van der Waals surface area contributed by atoms with Crippen LogP contribution in [0.5, 0.6) is 0 Å². The van der Waals surface area contributed by atoms with E-state index in [1.54, 1.807) is 0 Å². The van der Waals surface area contributed by atoms with Crippen molar-refractivity contribution in [3.8, 4) is 44.5 Å². The molecule has 0 aromatic heterocycles. The van der Waals surface area contributed by atoms with E-state index < -0.39 is 5.41 Å². The van der Waals surface area contributed by atoms with E-state index in [-0.39, 0.29) is 17.6 Å². The Morgan fingerprint density at radius 2 is 0.981 bits per heavy atom. The van der Waals surface area contributed by atoms with Crippen molar-refractivity contribution in [1.82, 2.24) is 0 Å². The molecule has 2 aliphatic carbocycles. The van der Waals surface area contributed by atoms with Crippen molar-refractivity contribution in [2.24, 2.45) is 0 Å². The quantitative estimate of drug-likeness (QED) is 0.176. The Balaban J connectivity index is 1.24. The monoisotopic (exact) mass is 700 g/mol. The molecule has 0 spiro atoms. The predicted octanol–water partition coefficient (Wildman–Crippen LogP) is 12.0. The van der Waals surface area contributed by atoms with E-state index in [1.165, 1.54) is 35.4 Å². The van der Waals surface area contributed by atoms with Gasteiger partial charge in [-0.25, -0.2) is 8.78 Å². The smallest absolute Gasteiger partial charge is 0.123 e. The van der Waals surface area contributed by atoms with Gasteiger partial charge in [-0.2, -0.15) is 0 Å². The van der Waals surface area contributed by atoms with Crippen LogP contribution in [0, 0.1) is 11.6 Å². The summed E-state index contributed by atoms with van der Waals surface area (Å²) in [4.78, 5) is 0. The summed E-state index contributed by atoms with van der Waals surface area (Å²) in [6, 6.07) is 58.1. The molecule has 8 aromatic carbocycles. The standard InChI is InChI=1S/C50H34F2N2/c51-34-22-15-30(16-23-34)37-10-5-12-42-39-7-1-2-9-41(39)48(47(37)42)44-28-21-33(29-46(44)54)50(32-19-26-36(53)27-20-32)45-14-4-3-8-40(45)43-13-6-11-38(49(43)50)31-17-24-35(52)25-18-31/h1-29,48H,53-54H2. The van der Waals surface area contributed by atoms with E-state index in [0.717, 1.165) is 72.3 Å². The van der Waals surface area contributed by atoms with Crippen LogP contribution in [0.1, 0.15) is 44.9 Å². The maximum atomic E-state index is 14.3. The van der Waals surface area contributed by atoms with E-state index in [9.17, 15) is 8.78 Å². The maximum Gasteiger partial charge on any atom is 0.123 e. The highest BCUT2D eigenvalue weighted by molar-refractivity contribution is 5.93. The lowest BCUT2D eigenvalue weighted by Gasteiger charge is -2.36. The van der Waals surface area contributed by atoms with Gasteiger partial charge in [-0.05, 0) is 126 Å². The number of hydrogen-bond acceptors (Lipinski definition) is 2. The molecule has 0 heterocycles. The van der Waals surface area contributed by atoms with E-state index in [1.807, 2.05) is 36.4 Å². The number of fused-ring (bicyclic) bond motifs is 6. The normalized spacial score (nSPS) is 16.4. The topological polar surface area (TPSA) is 52.0 Å². The van der Waals surface area contributed by atoms with E-state index in [4.69, 9.17) is 11.5 Å². The first kappa shape index (κ1) is 31.9. The summed E-state index contributed by atoms with van der Waals surface area (Å²) in [5.74, 6) is -0.684. The fourth-order valence-electron chi connectivity index (χ4n) is 9.27. The number of rotatable bonds is 5. The Kier molecular flexibility index (Phi) is 7.18. The van der Waals surface area contributed by atoms with E-state index in [0.29, 0.717) is 11.4 Å². The molecular weight excluding hydrogens is 667 g/mol. The molecule has 0 amide bonds. The lowest BCUT2D eigenvalue weighted by molar-refractivity contribution is 0.627. The van der Waals surface area contributed by atoms with Crippen LogP contribution in [0.2, 0.25) is 0 Å². The van der Waals surface area contributed by atoms with Crippen molar-refractivity contribution in [2.75, 3.05) is 11.5 Å². The number of nitrogen functional groups attached to an aromatic ring is 2. The third-order valence-corrected chi connectivity index (χ3v) is 11.5. The van der Waals surface area contributed by atoms with Crippen molar-refractivity contribution < 1.29 is 8.78 Å². The van der Waals surface area contributed by atoms with Gasteiger partial charge in [0.15, 0.2) is 0 Å². The Bertz CT molecular complexity index is 2750. The van der Waals surface area contributed by atoms with Crippen molar-refractivity contribution in [3.05, 3.63) is 227 Å². The summed E-state index contributed by atoms with van der Waals surface area (Å²) in [6.07, 6.45) is 0. The van der Waals surface area contributed by atoms with Crippen LogP contribution in [-0.2, 0) is 5.41 Å². The first-order chi connectivity index (χ1) is 26.4. The maximum absolute atomic E-state index is 14.3. The van der Waals surface area contributed by atoms with Crippen LogP contribution in [0.3, 0.4) is 0 Å². The van der Waals surface area contributed by atoms with Gasteiger partial charge >= 0.3 is 0 Å². The van der Waals surface area contributed by atoms with Gasteiger partial charge in [0.25, 0.3) is 0 Å². The molecule has 0 saturated carbocycles. The zero-order chi connectivity index (χ0) is 36.6. The summed E-state index contributed by atoms with van der Waals surface area (Å²) in [5.41, 5.74) is 30.5. The van der Waals surface area contributed by atoms with Crippen molar-refractivity contribution >= 4 is 11.4 Å². The average Bonchev–Trinajstić information content (AvgIpc) is 3.70. The van der Waals surface area contributed by atoms with Gasteiger partial charge in [0.2, 0.25) is 0 Å². The first-order valence-corrected chi connectivity index (χ1v) is 18.2. The SMILES string of the molecule is Nc1ccc(C2(c3ccc(C4c5ccccc5-c5cccc(-c6ccc(F)cc6)c54)c(N)c3)c3ccccc3-c3cccc(-c4ccc(F)cc4)c32)cc1. The molecule has 2 aliphatic rings. The molecule has 258 valence electrons. The molecule has 0 saturated heterocycles. The number of hydrogen-bond donors (Lipinski definition) is 2. The molecule has 0 aliphatic heterocycles. The van der Waals surface area contributed by atoms with Crippen LogP contribution < -0.4 is 11.5 Å². The molecule has 8 aromatic rings. The highest BCUT2D eigenvalue weighted by atomic mass is 19.1. The molecule has 4 heteroatoms. The Morgan fingerprint density at radius 1 is 0.426 bits per heavy atom. The first-order valence-electron chi connectivity index (χ1n) is 18.2. The molecule has 2 atom stereocenters. The van der Waals surface area contributed by atoms with Gasteiger partial charge in [0.1, 0.15) is 11.6 Å². The van der Waals surface area contributed by atoms with Crippen LogP contribution in [-0.4, -0.2) is 0 Å². The minimum atomic E-state index is -0.776. The summed E-state index contributed by atoms with van der Waals surface area (Å²) in [6.45, 7) is 0. The van der Waals surface area contributed by atoms with Crippen molar-refractivity contribution in [1.29, 1.82) is 0 Å². The minimum absolute atomic E-state index is 0.142. The van der Waals surface area contributed by atoms with Gasteiger partial charge in [-0.3, -0.25) is 0 Å². The Morgan fingerprint density at radius 3 is 1.69 bits per heavy atom. The average molecular weight is 701 g/mol. The van der Waals surface area contributed by atoms with E-state index >= 15 is 0 Å². The third kappa shape index (κ3) is 4.63. The Labute approximate surface area is 313 Å². The molecular formula is C50H34F2N2. The predicted molar refractivity (Wildman–Crippen MR) is 216 cm³/mol. The highest BCUT2D eigenvalue weighted by Gasteiger charge is 2.48.